The highest BCUT2D eigenvalue weighted by molar-refractivity contribution is 5.76. The Morgan fingerprint density at radius 1 is 1.22 bits per heavy atom. The molecule has 3 rings (SSSR count). The lowest BCUT2D eigenvalue weighted by atomic mass is 9.58. The number of hydrogen-bond acceptors (Lipinski definition) is 3. The van der Waals surface area contributed by atoms with Gasteiger partial charge < -0.3 is 15.1 Å². The normalized spacial score (nSPS) is 26.2. The monoisotopic (exact) mass is 325 g/mol. The number of amides is 1. The van der Waals surface area contributed by atoms with Gasteiger partial charge in [-0.25, -0.2) is 8.78 Å². The summed E-state index contributed by atoms with van der Waals surface area (Å²) in [6.45, 7) is 0.998. The van der Waals surface area contributed by atoms with Gasteiger partial charge in [-0.3, -0.25) is 4.79 Å². The molecule has 0 unspecified atom stereocenters. The van der Waals surface area contributed by atoms with Crippen LogP contribution in [0.3, 0.4) is 0 Å². The smallest absolute Gasteiger partial charge is 0.222 e. The molecule has 4 nitrogen and oxygen atoms in total. The zero-order valence-electron chi connectivity index (χ0n) is 12.8. The molecule has 2 atom stereocenters. The lowest BCUT2D eigenvalue weighted by Gasteiger charge is -2.55. The number of carbonyl (C=O) groups excluding carboxylic acids is 1. The van der Waals surface area contributed by atoms with Crippen molar-refractivity contribution in [1.29, 1.82) is 0 Å². The molecule has 126 valence electrons. The van der Waals surface area contributed by atoms with Gasteiger partial charge in [-0.1, -0.05) is 6.07 Å². The number of piperidine rings is 1. The first-order valence-corrected chi connectivity index (χ1v) is 8.00. The van der Waals surface area contributed by atoms with Crippen molar-refractivity contribution in [3.05, 3.63) is 35.4 Å². The molecule has 0 aromatic heterocycles. The van der Waals surface area contributed by atoms with Crippen LogP contribution in [0.1, 0.15) is 31.2 Å². The van der Waals surface area contributed by atoms with Gasteiger partial charge >= 0.3 is 0 Å². The molecule has 2 fully saturated rings. The molecule has 1 amide bonds. The van der Waals surface area contributed by atoms with Gasteiger partial charge in [0.2, 0.25) is 5.91 Å². The second-order valence-corrected chi connectivity index (χ2v) is 6.62. The molecular formula is C17H21F2NO3. The van der Waals surface area contributed by atoms with Crippen molar-refractivity contribution in [2.45, 2.75) is 44.3 Å². The van der Waals surface area contributed by atoms with Crippen molar-refractivity contribution < 1.29 is 23.8 Å². The lowest BCUT2D eigenvalue weighted by Crippen LogP contribution is -2.61. The summed E-state index contributed by atoms with van der Waals surface area (Å²) in [6.07, 6.45) is 1.03. The van der Waals surface area contributed by atoms with Crippen LogP contribution in [0.15, 0.2) is 18.2 Å². The summed E-state index contributed by atoms with van der Waals surface area (Å²) in [7, 11) is 0. The Morgan fingerprint density at radius 2 is 1.87 bits per heavy atom. The van der Waals surface area contributed by atoms with Gasteiger partial charge in [0.1, 0.15) is 11.6 Å². The number of aliphatic hydroxyl groups is 2. The second kappa shape index (κ2) is 6.17. The Bertz CT molecular complexity index is 590. The van der Waals surface area contributed by atoms with Crippen molar-refractivity contribution in [2.75, 3.05) is 13.1 Å². The van der Waals surface area contributed by atoms with Gasteiger partial charge in [-0.05, 0) is 30.9 Å². The van der Waals surface area contributed by atoms with Crippen molar-refractivity contribution in [2.24, 2.45) is 5.41 Å². The van der Waals surface area contributed by atoms with E-state index >= 15 is 0 Å². The number of aliphatic hydroxyl groups excluding tert-OH is 2. The average Bonchev–Trinajstić information content (AvgIpc) is 2.54. The Morgan fingerprint density at radius 3 is 2.43 bits per heavy atom. The van der Waals surface area contributed by atoms with Crippen LogP contribution in [0.25, 0.3) is 0 Å². The number of carbonyl (C=O) groups is 1. The average molecular weight is 325 g/mol. The van der Waals surface area contributed by atoms with Crippen LogP contribution in [-0.4, -0.2) is 46.3 Å². The molecule has 1 aliphatic heterocycles. The van der Waals surface area contributed by atoms with Gasteiger partial charge in [-0.2, -0.15) is 0 Å². The number of hydrogen-bond donors (Lipinski definition) is 2. The van der Waals surface area contributed by atoms with E-state index in [4.69, 9.17) is 0 Å². The molecular weight excluding hydrogens is 304 g/mol. The maximum atomic E-state index is 13.6. The van der Waals surface area contributed by atoms with Gasteiger partial charge in [0.05, 0.1) is 12.2 Å². The van der Waals surface area contributed by atoms with Crippen molar-refractivity contribution in [3.8, 4) is 0 Å². The van der Waals surface area contributed by atoms with E-state index in [9.17, 15) is 23.8 Å². The summed E-state index contributed by atoms with van der Waals surface area (Å²) >= 11 is 0. The maximum absolute atomic E-state index is 13.6. The van der Waals surface area contributed by atoms with Crippen LogP contribution in [-0.2, 0) is 11.2 Å². The summed E-state index contributed by atoms with van der Waals surface area (Å²) in [5, 5.41) is 19.8. The Hall–Kier alpha value is -1.53. The molecule has 23 heavy (non-hydrogen) atoms. The first-order chi connectivity index (χ1) is 10.9. The minimum atomic E-state index is -0.629. The highest BCUT2D eigenvalue weighted by Gasteiger charge is 2.55. The fourth-order valence-corrected chi connectivity index (χ4v) is 3.71. The van der Waals surface area contributed by atoms with Gasteiger partial charge in [-0.15, -0.1) is 0 Å². The molecule has 2 N–H and O–H groups in total. The minimum absolute atomic E-state index is 0.0770. The Kier molecular flexibility index (Phi) is 4.38. The van der Waals surface area contributed by atoms with Crippen LogP contribution < -0.4 is 0 Å². The fourth-order valence-electron chi connectivity index (χ4n) is 3.71. The molecule has 2 aliphatic rings. The van der Waals surface area contributed by atoms with E-state index in [1.165, 1.54) is 12.1 Å². The zero-order chi connectivity index (χ0) is 16.6. The summed E-state index contributed by atoms with van der Waals surface area (Å²) in [5.74, 6) is -1.33. The Balaban J connectivity index is 1.52. The van der Waals surface area contributed by atoms with Crippen LogP contribution in [0.2, 0.25) is 0 Å². The standard InChI is InChI=1S/C17H21F2NO3/c18-12-3-1-11(13(19)9-12)2-4-16(23)20-7-5-17(6-8-20)14(21)10-15(17)22/h1,3,9,14-15,21-22H,2,4-8,10H2/t14-,15+. The molecule has 1 saturated carbocycles. The quantitative estimate of drug-likeness (QED) is 0.888. The number of benzene rings is 1. The number of halogens is 2. The number of rotatable bonds is 3. The van der Waals surface area contributed by atoms with Crippen molar-refractivity contribution >= 4 is 5.91 Å². The van der Waals surface area contributed by atoms with E-state index < -0.39 is 29.3 Å². The van der Waals surface area contributed by atoms with Crippen LogP contribution in [0, 0.1) is 17.0 Å². The number of nitrogens with zero attached hydrogens (tertiary/aromatic N) is 1. The van der Waals surface area contributed by atoms with Gasteiger partial charge in [0, 0.05) is 37.4 Å². The highest BCUT2D eigenvalue weighted by atomic mass is 19.1. The SMILES string of the molecule is O=C(CCc1ccc(F)cc1F)N1CCC2(CC1)[C@H](O)C[C@@H]2O. The summed E-state index contributed by atoms with van der Waals surface area (Å²) < 4.78 is 26.4. The van der Waals surface area contributed by atoms with E-state index in [0.29, 0.717) is 37.9 Å². The molecule has 1 spiro atoms. The van der Waals surface area contributed by atoms with Crippen molar-refractivity contribution in [3.63, 3.8) is 0 Å². The summed E-state index contributed by atoms with van der Waals surface area (Å²) in [6, 6.07) is 3.38. The van der Waals surface area contributed by atoms with Crippen LogP contribution >= 0.6 is 0 Å². The first-order valence-electron chi connectivity index (χ1n) is 8.00. The van der Waals surface area contributed by atoms with Crippen molar-refractivity contribution in [1.82, 2.24) is 4.90 Å². The third-order valence-electron chi connectivity index (χ3n) is 5.44. The van der Waals surface area contributed by atoms with Gasteiger partial charge in [0.25, 0.3) is 0 Å². The second-order valence-electron chi connectivity index (χ2n) is 6.62. The topological polar surface area (TPSA) is 60.8 Å². The molecule has 6 heteroatoms. The molecule has 1 heterocycles. The predicted molar refractivity (Wildman–Crippen MR) is 79.6 cm³/mol. The summed E-state index contributed by atoms with van der Waals surface area (Å²) in [4.78, 5) is 13.9. The highest BCUT2D eigenvalue weighted by Crippen LogP contribution is 2.49. The van der Waals surface area contributed by atoms with E-state index in [1.807, 2.05) is 0 Å². The molecule has 1 aromatic rings. The van der Waals surface area contributed by atoms with E-state index in [-0.39, 0.29) is 18.7 Å². The van der Waals surface area contributed by atoms with Crippen LogP contribution in [0.5, 0.6) is 0 Å². The molecule has 1 aromatic carbocycles. The maximum Gasteiger partial charge on any atom is 0.222 e. The summed E-state index contributed by atoms with van der Waals surface area (Å²) in [5.41, 5.74) is -0.113. The third kappa shape index (κ3) is 2.97. The Labute approximate surface area is 133 Å². The molecule has 1 saturated heterocycles. The molecule has 0 radical (unpaired) electrons. The number of likely N-dealkylation sites (tertiary alicyclic amines) is 1. The van der Waals surface area contributed by atoms with Gasteiger partial charge in [0.15, 0.2) is 0 Å². The van der Waals surface area contributed by atoms with Crippen LogP contribution in [0.4, 0.5) is 8.78 Å². The fraction of sp³-hybridized carbons (Fsp3) is 0.588. The van der Waals surface area contributed by atoms with E-state index in [0.717, 1.165) is 6.07 Å². The zero-order valence-corrected chi connectivity index (χ0v) is 12.8. The minimum Gasteiger partial charge on any atom is -0.392 e. The largest absolute Gasteiger partial charge is 0.392 e. The van der Waals surface area contributed by atoms with E-state index in [1.54, 1.807) is 4.90 Å². The molecule has 0 bridgehead atoms. The van der Waals surface area contributed by atoms with E-state index in [2.05, 4.69) is 0 Å². The molecule has 1 aliphatic carbocycles. The lowest BCUT2D eigenvalue weighted by molar-refractivity contribution is -0.191. The first kappa shape index (κ1) is 16.3. The number of aryl methyl sites for hydroxylation is 1. The third-order valence-corrected chi connectivity index (χ3v) is 5.44. The predicted octanol–water partition coefficient (Wildman–Crippen LogP) is 1.63.